The standard InChI is InChI=1S/C18H15IN2O4/c1-2-25-16-10-11(3-8-15(16)22)9-14-17(23)20-21(18(14)24)13-6-4-12(19)5-7-13/h3-10,22H,2H2,1H3,(H,20,23). The zero-order valence-corrected chi connectivity index (χ0v) is 15.5. The molecule has 2 aromatic carbocycles. The summed E-state index contributed by atoms with van der Waals surface area (Å²) in [5, 5.41) is 11.0. The molecule has 2 amide bonds. The Balaban J connectivity index is 1.91. The van der Waals surface area contributed by atoms with Crippen molar-refractivity contribution in [2.24, 2.45) is 0 Å². The molecule has 7 heteroatoms. The predicted molar refractivity (Wildman–Crippen MR) is 102 cm³/mol. The number of aromatic hydroxyl groups is 1. The molecule has 0 saturated carbocycles. The average molecular weight is 450 g/mol. The van der Waals surface area contributed by atoms with Gasteiger partial charge in [0.05, 0.1) is 12.3 Å². The lowest BCUT2D eigenvalue weighted by Crippen LogP contribution is -2.35. The maximum absolute atomic E-state index is 12.6. The molecule has 0 unspecified atom stereocenters. The number of carbonyl (C=O) groups excluding carboxylic acids is 2. The Morgan fingerprint density at radius 2 is 1.92 bits per heavy atom. The Kier molecular flexibility index (Phi) is 4.93. The first-order valence-electron chi connectivity index (χ1n) is 7.58. The number of nitrogens with zero attached hydrogens (tertiary/aromatic N) is 1. The van der Waals surface area contributed by atoms with Crippen LogP contribution in [0.4, 0.5) is 5.69 Å². The highest BCUT2D eigenvalue weighted by Gasteiger charge is 2.34. The number of hydrogen-bond donors (Lipinski definition) is 2. The number of nitrogens with one attached hydrogen (secondary N) is 1. The summed E-state index contributed by atoms with van der Waals surface area (Å²) in [4.78, 5) is 24.8. The minimum absolute atomic E-state index is 0.00622. The maximum atomic E-state index is 12.6. The fraction of sp³-hybridized carbons (Fsp3) is 0.111. The number of phenolic OH excluding ortho intramolecular Hbond substituents is 1. The van der Waals surface area contributed by atoms with Gasteiger partial charge in [-0.05, 0) is 77.6 Å². The molecule has 0 spiro atoms. The number of hydrazine groups is 1. The van der Waals surface area contributed by atoms with Crippen molar-refractivity contribution >= 4 is 46.2 Å². The number of amides is 2. The fourth-order valence-corrected chi connectivity index (χ4v) is 2.75. The van der Waals surface area contributed by atoms with Crippen molar-refractivity contribution in [1.29, 1.82) is 0 Å². The SMILES string of the molecule is CCOc1cc(C=C2C(=O)NN(c3ccc(I)cc3)C2=O)ccc1O. The van der Waals surface area contributed by atoms with Crippen LogP contribution in [0.1, 0.15) is 12.5 Å². The van der Waals surface area contributed by atoms with Crippen molar-refractivity contribution in [2.45, 2.75) is 6.92 Å². The molecule has 6 nitrogen and oxygen atoms in total. The van der Waals surface area contributed by atoms with Gasteiger partial charge >= 0.3 is 0 Å². The van der Waals surface area contributed by atoms with Crippen molar-refractivity contribution in [3.8, 4) is 11.5 Å². The van der Waals surface area contributed by atoms with E-state index in [1.807, 2.05) is 12.1 Å². The Hall–Kier alpha value is -2.55. The third kappa shape index (κ3) is 3.60. The van der Waals surface area contributed by atoms with Gasteiger partial charge in [0.1, 0.15) is 5.57 Å². The van der Waals surface area contributed by atoms with E-state index in [4.69, 9.17) is 4.74 Å². The monoisotopic (exact) mass is 450 g/mol. The second-order valence-corrected chi connectivity index (χ2v) is 6.52. The molecule has 25 heavy (non-hydrogen) atoms. The van der Waals surface area contributed by atoms with E-state index >= 15 is 0 Å². The molecule has 1 heterocycles. The van der Waals surface area contributed by atoms with Crippen LogP contribution in [0, 0.1) is 3.57 Å². The van der Waals surface area contributed by atoms with E-state index in [0.29, 0.717) is 23.6 Å². The molecule has 0 aromatic heterocycles. The van der Waals surface area contributed by atoms with E-state index in [-0.39, 0.29) is 11.3 Å². The smallest absolute Gasteiger partial charge is 0.282 e. The summed E-state index contributed by atoms with van der Waals surface area (Å²) in [5.74, 6) is -0.601. The molecule has 0 aliphatic carbocycles. The van der Waals surface area contributed by atoms with Gasteiger partial charge in [-0.1, -0.05) is 6.07 Å². The lowest BCUT2D eigenvalue weighted by Gasteiger charge is -2.14. The molecule has 2 N–H and O–H groups in total. The van der Waals surface area contributed by atoms with Crippen LogP contribution in [0.25, 0.3) is 6.08 Å². The molecule has 1 aliphatic rings. The quantitative estimate of drug-likeness (QED) is 0.427. The maximum Gasteiger partial charge on any atom is 0.282 e. The lowest BCUT2D eigenvalue weighted by atomic mass is 10.1. The largest absolute Gasteiger partial charge is 0.504 e. The van der Waals surface area contributed by atoms with Crippen molar-refractivity contribution in [3.05, 3.63) is 57.2 Å². The van der Waals surface area contributed by atoms with Crippen molar-refractivity contribution in [3.63, 3.8) is 0 Å². The zero-order chi connectivity index (χ0) is 18.0. The number of rotatable bonds is 4. The molecule has 0 bridgehead atoms. The van der Waals surface area contributed by atoms with Crippen LogP contribution >= 0.6 is 22.6 Å². The van der Waals surface area contributed by atoms with Crippen LogP contribution in [0.2, 0.25) is 0 Å². The van der Waals surface area contributed by atoms with Crippen LogP contribution in [-0.4, -0.2) is 23.5 Å². The average Bonchev–Trinajstić information content (AvgIpc) is 2.87. The summed E-state index contributed by atoms with van der Waals surface area (Å²) < 4.78 is 6.35. The summed E-state index contributed by atoms with van der Waals surface area (Å²) in [5.41, 5.74) is 3.75. The Bertz CT molecular complexity index is 862. The van der Waals surface area contributed by atoms with E-state index in [2.05, 4.69) is 28.0 Å². The highest BCUT2D eigenvalue weighted by Crippen LogP contribution is 2.29. The number of carbonyl (C=O) groups is 2. The van der Waals surface area contributed by atoms with Gasteiger partial charge in [0, 0.05) is 3.57 Å². The van der Waals surface area contributed by atoms with Gasteiger partial charge in [0.2, 0.25) is 0 Å². The Morgan fingerprint density at radius 1 is 1.20 bits per heavy atom. The molecule has 3 rings (SSSR count). The van der Waals surface area contributed by atoms with E-state index < -0.39 is 11.8 Å². The van der Waals surface area contributed by atoms with Crippen LogP contribution in [0.15, 0.2) is 48.0 Å². The molecular weight excluding hydrogens is 435 g/mol. The van der Waals surface area contributed by atoms with Crippen LogP contribution < -0.4 is 15.2 Å². The molecule has 128 valence electrons. The van der Waals surface area contributed by atoms with Gasteiger partial charge in [-0.25, -0.2) is 5.01 Å². The zero-order valence-electron chi connectivity index (χ0n) is 13.3. The molecule has 1 saturated heterocycles. The number of benzene rings is 2. The summed E-state index contributed by atoms with van der Waals surface area (Å²) >= 11 is 2.17. The Labute approximate surface area is 158 Å². The summed E-state index contributed by atoms with van der Waals surface area (Å²) in [6, 6.07) is 11.9. The number of hydrogen-bond acceptors (Lipinski definition) is 4. The first-order valence-corrected chi connectivity index (χ1v) is 8.66. The van der Waals surface area contributed by atoms with Gasteiger partial charge in [-0.15, -0.1) is 0 Å². The number of ether oxygens (including phenoxy) is 1. The highest BCUT2D eigenvalue weighted by atomic mass is 127. The fourth-order valence-electron chi connectivity index (χ4n) is 2.39. The van der Waals surface area contributed by atoms with Gasteiger partial charge in [-0.2, -0.15) is 0 Å². The third-order valence-corrected chi connectivity index (χ3v) is 4.29. The minimum atomic E-state index is -0.477. The van der Waals surface area contributed by atoms with Crippen LogP contribution in [0.5, 0.6) is 11.5 Å². The van der Waals surface area contributed by atoms with E-state index in [1.54, 1.807) is 31.2 Å². The normalized spacial score (nSPS) is 15.6. The first kappa shape index (κ1) is 17.3. The van der Waals surface area contributed by atoms with E-state index in [0.717, 1.165) is 3.57 Å². The number of anilines is 1. The second-order valence-electron chi connectivity index (χ2n) is 5.28. The number of halogens is 1. The highest BCUT2D eigenvalue weighted by molar-refractivity contribution is 14.1. The molecule has 1 fully saturated rings. The predicted octanol–water partition coefficient (Wildman–Crippen LogP) is 2.86. The topological polar surface area (TPSA) is 78.9 Å². The van der Waals surface area contributed by atoms with Gasteiger partial charge in [0.25, 0.3) is 11.8 Å². The third-order valence-electron chi connectivity index (χ3n) is 3.57. The van der Waals surface area contributed by atoms with E-state index in [1.165, 1.54) is 17.2 Å². The second kappa shape index (κ2) is 7.14. The van der Waals surface area contributed by atoms with E-state index in [9.17, 15) is 14.7 Å². The molecule has 2 aromatic rings. The van der Waals surface area contributed by atoms with Crippen molar-refractivity contribution in [2.75, 3.05) is 11.6 Å². The minimum Gasteiger partial charge on any atom is -0.504 e. The molecular formula is C18H15IN2O4. The molecule has 1 aliphatic heterocycles. The molecule has 0 atom stereocenters. The van der Waals surface area contributed by atoms with Gasteiger partial charge in [0.15, 0.2) is 11.5 Å². The van der Waals surface area contributed by atoms with Crippen molar-refractivity contribution in [1.82, 2.24) is 5.43 Å². The van der Waals surface area contributed by atoms with Gasteiger partial charge in [-0.3, -0.25) is 15.0 Å². The molecule has 0 radical (unpaired) electrons. The Morgan fingerprint density at radius 3 is 2.60 bits per heavy atom. The van der Waals surface area contributed by atoms with Crippen molar-refractivity contribution < 1.29 is 19.4 Å². The number of phenols is 1. The van der Waals surface area contributed by atoms with Crippen LogP contribution in [0.3, 0.4) is 0 Å². The summed E-state index contributed by atoms with van der Waals surface area (Å²) in [7, 11) is 0. The first-order chi connectivity index (χ1) is 12.0. The van der Waals surface area contributed by atoms with Crippen LogP contribution in [-0.2, 0) is 9.59 Å². The summed E-state index contributed by atoms with van der Waals surface area (Å²) in [6.45, 7) is 2.20. The summed E-state index contributed by atoms with van der Waals surface area (Å²) in [6.07, 6.45) is 1.48. The van der Waals surface area contributed by atoms with Gasteiger partial charge < -0.3 is 9.84 Å². The lowest BCUT2D eigenvalue weighted by molar-refractivity contribution is -0.117.